The molecule has 0 bridgehead atoms. The largest absolute Gasteiger partial charge is 0.478 e. The van der Waals surface area contributed by atoms with E-state index in [-0.39, 0.29) is 0 Å². The Labute approximate surface area is 77.3 Å². The lowest BCUT2D eigenvalue weighted by molar-refractivity contribution is 0.0696. The predicted molar refractivity (Wildman–Crippen MR) is 50.9 cm³/mol. The Bertz CT molecular complexity index is 326. The van der Waals surface area contributed by atoms with E-state index in [1.54, 1.807) is 12.3 Å². The molecule has 70 valence electrons. The number of carboxylic acid groups (broad SMARTS) is 1. The Morgan fingerprint density at radius 1 is 1.77 bits per heavy atom. The summed E-state index contributed by atoms with van der Waals surface area (Å²) in [7, 11) is 0. The molecule has 3 heteroatoms. The van der Waals surface area contributed by atoms with E-state index in [9.17, 15) is 4.79 Å². The maximum absolute atomic E-state index is 10.7. The number of aryl methyl sites for hydroxylation is 1. The van der Waals surface area contributed by atoms with Crippen molar-refractivity contribution in [3.05, 3.63) is 36.2 Å². The highest BCUT2D eigenvalue weighted by atomic mass is 16.4. The van der Waals surface area contributed by atoms with Gasteiger partial charge in [0.1, 0.15) is 0 Å². The monoisotopic (exact) mass is 179 g/mol. The molecule has 0 aliphatic rings. The lowest BCUT2D eigenvalue weighted by Gasteiger charge is -2.03. The van der Waals surface area contributed by atoms with Crippen LogP contribution < -0.4 is 0 Å². The van der Waals surface area contributed by atoms with Gasteiger partial charge in [0.15, 0.2) is 0 Å². The molecular formula is C10H13NO2. The van der Waals surface area contributed by atoms with Gasteiger partial charge in [0.05, 0.1) is 5.56 Å². The first-order valence-electron chi connectivity index (χ1n) is 4.16. The smallest absolute Gasteiger partial charge is 0.337 e. The Hall–Kier alpha value is -1.51. The zero-order valence-electron chi connectivity index (χ0n) is 7.66. The normalized spacial score (nSPS) is 9.92. The minimum Gasteiger partial charge on any atom is -0.478 e. The molecule has 0 saturated carbocycles. The van der Waals surface area contributed by atoms with Crippen LogP contribution in [0.4, 0.5) is 0 Å². The Morgan fingerprint density at radius 3 is 2.92 bits per heavy atom. The molecule has 0 aliphatic carbocycles. The first-order chi connectivity index (χ1) is 6.16. The van der Waals surface area contributed by atoms with Gasteiger partial charge in [-0.25, -0.2) is 4.79 Å². The SMILES string of the molecule is C=CCCn1ccc(C(=O)O)c1C. The van der Waals surface area contributed by atoms with Gasteiger partial charge in [-0.15, -0.1) is 6.58 Å². The van der Waals surface area contributed by atoms with Crippen LogP contribution in [0.25, 0.3) is 0 Å². The molecule has 0 atom stereocenters. The highest BCUT2D eigenvalue weighted by Gasteiger charge is 2.09. The molecule has 0 aromatic carbocycles. The van der Waals surface area contributed by atoms with Crippen LogP contribution in [0.3, 0.4) is 0 Å². The standard InChI is InChI=1S/C10H13NO2/c1-3-4-6-11-7-5-9(8(11)2)10(12)13/h3,5,7H,1,4,6H2,2H3,(H,12,13). The molecule has 1 aromatic rings. The van der Waals surface area contributed by atoms with Crippen molar-refractivity contribution in [2.75, 3.05) is 0 Å². The molecule has 1 N–H and O–H groups in total. The molecule has 3 nitrogen and oxygen atoms in total. The van der Waals surface area contributed by atoms with Crippen molar-refractivity contribution in [1.29, 1.82) is 0 Å². The van der Waals surface area contributed by atoms with Crippen molar-refractivity contribution < 1.29 is 9.90 Å². The number of aromatic nitrogens is 1. The van der Waals surface area contributed by atoms with Crippen LogP contribution >= 0.6 is 0 Å². The second-order valence-electron chi connectivity index (χ2n) is 2.89. The van der Waals surface area contributed by atoms with Gasteiger partial charge in [-0.1, -0.05) is 6.08 Å². The van der Waals surface area contributed by atoms with Gasteiger partial charge in [-0.05, 0) is 19.4 Å². The molecule has 0 saturated heterocycles. The molecule has 0 unspecified atom stereocenters. The number of nitrogens with zero attached hydrogens (tertiary/aromatic N) is 1. The van der Waals surface area contributed by atoms with Crippen LogP contribution in [0.15, 0.2) is 24.9 Å². The second-order valence-corrected chi connectivity index (χ2v) is 2.89. The lowest BCUT2D eigenvalue weighted by Crippen LogP contribution is -2.02. The van der Waals surface area contributed by atoms with E-state index in [4.69, 9.17) is 5.11 Å². The summed E-state index contributed by atoms with van der Waals surface area (Å²) in [5.74, 6) is -0.866. The van der Waals surface area contributed by atoms with Crippen LogP contribution in [0.5, 0.6) is 0 Å². The molecule has 0 amide bonds. The van der Waals surface area contributed by atoms with E-state index in [2.05, 4.69) is 6.58 Å². The lowest BCUT2D eigenvalue weighted by atomic mass is 10.2. The van der Waals surface area contributed by atoms with Crippen LogP contribution in [0.2, 0.25) is 0 Å². The molecule has 13 heavy (non-hydrogen) atoms. The van der Waals surface area contributed by atoms with E-state index in [0.717, 1.165) is 18.7 Å². The average Bonchev–Trinajstić information content (AvgIpc) is 2.43. The molecule has 0 spiro atoms. The van der Waals surface area contributed by atoms with Crippen molar-refractivity contribution in [1.82, 2.24) is 4.57 Å². The molecule has 1 heterocycles. The van der Waals surface area contributed by atoms with Gasteiger partial charge < -0.3 is 9.67 Å². The second kappa shape index (κ2) is 3.94. The molecular weight excluding hydrogens is 166 g/mol. The van der Waals surface area contributed by atoms with Crippen molar-refractivity contribution in [2.45, 2.75) is 19.9 Å². The number of hydrogen-bond acceptors (Lipinski definition) is 1. The number of carbonyl (C=O) groups is 1. The third kappa shape index (κ3) is 1.99. The van der Waals surface area contributed by atoms with Crippen molar-refractivity contribution in [3.8, 4) is 0 Å². The van der Waals surface area contributed by atoms with E-state index in [0.29, 0.717) is 5.56 Å². The van der Waals surface area contributed by atoms with E-state index >= 15 is 0 Å². The van der Waals surface area contributed by atoms with Gasteiger partial charge in [0, 0.05) is 18.4 Å². The van der Waals surface area contributed by atoms with E-state index in [1.807, 2.05) is 17.6 Å². The Kier molecular flexibility index (Phi) is 2.90. The summed E-state index contributed by atoms with van der Waals surface area (Å²) in [6.07, 6.45) is 4.47. The third-order valence-electron chi connectivity index (χ3n) is 2.05. The Morgan fingerprint density at radius 2 is 2.46 bits per heavy atom. The minimum atomic E-state index is -0.866. The van der Waals surface area contributed by atoms with Crippen molar-refractivity contribution >= 4 is 5.97 Å². The maximum Gasteiger partial charge on any atom is 0.337 e. The van der Waals surface area contributed by atoms with Crippen LogP contribution in [0, 0.1) is 6.92 Å². The summed E-state index contributed by atoms with van der Waals surface area (Å²) in [6.45, 7) is 6.22. The van der Waals surface area contributed by atoms with Crippen LogP contribution in [-0.4, -0.2) is 15.6 Å². The van der Waals surface area contributed by atoms with Gasteiger partial charge >= 0.3 is 5.97 Å². The van der Waals surface area contributed by atoms with Crippen LogP contribution in [0.1, 0.15) is 22.5 Å². The number of carboxylic acids is 1. The van der Waals surface area contributed by atoms with Crippen molar-refractivity contribution in [2.24, 2.45) is 0 Å². The van der Waals surface area contributed by atoms with Gasteiger partial charge in [0.25, 0.3) is 0 Å². The molecule has 1 aromatic heterocycles. The molecule has 0 radical (unpaired) electrons. The molecule has 1 rings (SSSR count). The van der Waals surface area contributed by atoms with Gasteiger partial charge in [0.2, 0.25) is 0 Å². The number of aromatic carboxylic acids is 1. The van der Waals surface area contributed by atoms with Gasteiger partial charge in [-0.3, -0.25) is 0 Å². The first-order valence-corrected chi connectivity index (χ1v) is 4.16. The van der Waals surface area contributed by atoms with Crippen LogP contribution in [-0.2, 0) is 6.54 Å². The highest BCUT2D eigenvalue weighted by molar-refractivity contribution is 5.88. The molecule has 0 aliphatic heterocycles. The first kappa shape index (κ1) is 9.58. The van der Waals surface area contributed by atoms with Crippen molar-refractivity contribution in [3.63, 3.8) is 0 Å². The summed E-state index contributed by atoms with van der Waals surface area (Å²) in [4.78, 5) is 10.7. The summed E-state index contributed by atoms with van der Waals surface area (Å²) in [6, 6.07) is 1.63. The topological polar surface area (TPSA) is 42.2 Å². The fourth-order valence-corrected chi connectivity index (χ4v) is 1.25. The quantitative estimate of drug-likeness (QED) is 0.719. The molecule has 0 fully saturated rings. The predicted octanol–water partition coefficient (Wildman–Crippen LogP) is 2.07. The number of rotatable bonds is 4. The fourth-order valence-electron chi connectivity index (χ4n) is 1.25. The summed E-state index contributed by atoms with van der Waals surface area (Å²) >= 11 is 0. The number of hydrogen-bond donors (Lipinski definition) is 1. The average molecular weight is 179 g/mol. The third-order valence-corrected chi connectivity index (χ3v) is 2.05. The zero-order valence-corrected chi connectivity index (χ0v) is 7.66. The highest BCUT2D eigenvalue weighted by Crippen LogP contribution is 2.10. The summed E-state index contributed by atoms with van der Waals surface area (Å²) in [5.41, 5.74) is 1.18. The fraction of sp³-hybridized carbons (Fsp3) is 0.300. The van der Waals surface area contributed by atoms with E-state index in [1.165, 1.54) is 0 Å². The maximum atomic E-state index is 10.7. The van der Waals surface area contributed by atoms with E-state index < -0.39 is 5.97 Å². The minimum absolute atomic E-state index is 0.379. The number of allylic oxidation sites excluding steroid dienone is 1. The van der Waals surface area contributed by atoms with Gasteiger partial charge in [-0.2, -0.15) is 0 Å². The Balaban J connectivity index is 2.86. The summed E-state index contributed by atoms with van der Waals surface area (Å²) < 4.78 is 1.92. The summed E-state index contributed by atoms with van der Waals surface area (Å²) in [5, 5.41) is 8.77. The zero-order chi connectivity index (χ0) is 9.84.